The monoisotopic (exact) mass is 917 g/mol. The maximum atomic E-state index is 6.14. The zero-order valence-electron chi connectivity index (χ0n) is 32.0. The number of nitrogens with zero attached hydrogens (tertiary/aromatic N) is 2. The number of aryl methyl sites for hydroxylation is 1. The molecule has 3 nitrogen and oxygen atoms in total. The molecule has 0 spiro atoms. The van der Waals surface area contributed by atoms with Gasteiger partial charge in [-0.05, 0) is 36.6 Å². The second-order valence-corrected chi connectivity index (χ2v) is 27.5. The summed E-state index contributed by atoms with van der Waals surface area (Å²) in [5.74, 6) is 8.72. The van der Waals surface area contributed by atoms with Crippen molar-refractivity contribution in [3.05, 3.63) is 114 Å². The van der Waals surface area contributed by atoms with Crippen molar-refractivity contribution in [2.75, 3.05) is 0 Å². The number of benzene rings is 3. The summed E-state index contributed by atoms with van der Waals surface area (Å²) in [6.07, 6.45) is 12.0. The smallest absolute Gasteiger partial charge is 0.120 e. The van der Waals surface area contributed by atoms with Gasteiger partial charge in [-0.1, -0.05) is 66.5 Å². The Balaban J connectivity index is 0.000000195. The molecule has 6 aromatic rings. The van der Waals surface area contributed by atoms with Crippen LogP contribution in [0.25, 0.3) is 44.5 Å². The normalized spacial score (nSPS) is 13.8. The van der Waals surface area contributed by atoms with E-state index in [2.05, 4.69) is 120 Å². The summed E-state index contributed by atoms with van der Waals surface area (Å²) in [6, 6.07) is 29.9. The van der Waals surface area contributed by atoms with Gasteiger partial charge in [-0.2, -0.15) is 0 Å². The molecule has 0 N–H and O–H groups in total. The van der Waals surface area contributed by atoms with E-state index in [-0.39, 0.29) is 25.5 Å². The second-order valence-electron chi connectivity index (χ2n) is 16.9. The summed E-state index contributed by atoms with van der Waals surface area (Å²) in [5.41, 5.74) is 11.7. The third kappa shape index (κ3) is 9.50. The molecule has 1 aliphatic rings. The number of furan rings is 1. The summed E-state index contributed by atoms with van der Waals surface area (Å²) in [5, 5.41) is 2.27. The first-order valence-corrected chi connectivity index (χ1v) is 25.9. The van der Waals surface area contributed by atoms with Gasteiger partial charge in [0.25, 0.3) is 0 Å². The van der Waals surface area contributed by atoms with Crippen LogP contribution in [0.1, 0.15) is 88.5 Å². The predicted molar refractivity (Wildman–Crippen MR) is 215 cm³/mol. The van der Waals surface area contributed by atoms with E-state index >= 15 is 0 Å². The molecule has 269 valence electrons. The molecule has 3 heterocycles. The van der Waals surface area contributed by atoms with Crippen LogP contribution in [0.5, 0.6) is 0 Å². The molecule has 0 amide bonds. The minimum Gasteiger partial charge on any atom is -0.501 e. The number of hydrogen-bond donors (Lipinski definition) is 0. The van der Waals surface area contributed by atoms with Crippen LogP contribution in [0.3, 0.4) is 0 Å². The average Bonchev–Trinajstić information content (AvgIpc) is 3.73. The summed E-state index contributed by atoms with van der Waals surface area (Å²) in [4.78, 5) is 9.60. The van der Waals surface area contributed by atoms with Crippen molar-refractivity contribution >= 4 is 39.6 Å². The van der Waals surface area contributed by atoms with Crippen LogP contribution in [-0.4, -0.2) is 23.2 Å². The Labute approximate surface area is 322 Å². The molecular weight excluding hydrogens is 861 g/mol. The predicted octanol–water partition coefficient (Wildman–Crippen LogP) is 12.3. The first kappa shape index (κ1) is 39.2. The van der Waals surface area contributed by atoms with Gasteiger partial charge in [-0.15, -0.1) is 18.2 Å². The number of aromatic nitrogens is 2. The van der Waals surface area contributed by atoms with Crippen molar-refractivity contribution in [1.29, 1.82) is 0 Å². The molecule has 0 bridgehead atoms. The zero-order valence-corrected chi connectivity index (χ0v) is 36.5. The maximum Gasteiger partial charge on any atom is 0.120 e. The Morgan fingerprint density at radius 2 is 1.55 bits per heavy atom. The van der Waals surface area contributed by atoms with Crippen molar-refractivity contribution in [1.82, 2.24) is 9.97 Å². The van der Waals surface area contributed by atoms with Crippen molar-refractivity contribution in [3.63, 3.8) is 0 Å². The van der Waals surface area contributed by atoms with Crippen molar-refractivity contribution < 1.29 is 24.5 Å². The Kier molecular flexibility index (Phi) is 12.5. The fourth-order valence-electron chi connectivity index (χ4n) is 7.37. The van der Waals surface area contributed by atoms with E-state index in [9.17, 15) is 0 Å². The van der Waals surface area contributed by atoms with E-state index < -0.39 is 13.3 Å². The fraction of sp³-hybridized carbons (Fsp3) is 0.391. The minimum atomic E-state index is -1.93. The van der Waals surface area contributed by atoms with Crippen LogP contribution in [0.2, 0.25) is 17.3 Å². The van der Waals surface area contributed by atoms with Crippen molar-refractivity contribution in [2.45, 2.75) is 103 Å². The molecule has 5 heteroatoms. The molecule has 1 fully saturated rings. The van der Waals surface area contributed by atoms with Crippen LogP contribution >= 0.6 is 0 Å². The molecule has 0 atom stereocenters. The van der Waals surface area contributed by atoms with Gasteiger partial charge in [0, 0.05) is 31.7 Å². The zero-order chi connectivity index (χ0) is 35.6. The summed E-state index contributed by atoms with van der Waals surface area (Å²) in [7, 11) is 0. The fourth-order valence-corrected chi connectivity index (χ4v) is 10.7. The van der Waals surface area contributed by atoms with Gasteiger partial charge in [0.1, 0.15) is 5.58 Å². The Morgan fingerprint density at radius 1 is 0.843 bits per heavy atom. The molecule has 0 unspecified atom stereocenters. The number of fused-ring (bicyclic) bond motifs is 3. The molecule has 1 radical (unpaired) electrons. The molecular formula is C46H54GeIrN2O-2. The largest absolute Gasteiger partial charge is 0.501 e. The molecule has 51 heavy (non-hydrogen) atoms. The first-order chi connectivity index (χ1) is 23.8. The molecule has 0 saturated heterocycles. The van der Waals surface area contributed by atoms with Crippen LogP contribution < -0.4 is 4.40 Å². The average molecular weight is 916 g/mol. The van der Waals surface area contributed by atoms with Crippen molar-refractivity contribution in [3.8, 4) is 22.5 Å². The van der Waals surface area contributed by atoms with Gasteiger partial charge in [-0.25, -0.2) is 0 Å². The second kappa shape index (κ2) is 16.3. The third-order valence-electron chi connectivity index (χ3n) is 10.1. The summed E-state index contributed by atoms with van der Waals surface area (Å²) in [6.45, 7) is 13.6. The summed E-state index contributed by atoms with van der Waals surface area (Å²) >= 11 is -1.93. The maximum absolute atomic E-state index is 6.14. The molecule has 1 aliphatic carbocycles. The number of para-hydroxylation sites is 1. The molecule has 7 rings (SSSR count). The first-order valence-electron chi connectivity index (χ1n) is 18.6. The van der Waals surface area contributed by atoms with E-state index in [1.54, 1.807) is 0 Å². The van der Waals surface area contributed by atoms with Crippen molar-refractivity contribution in [2.24, 2.45) is 11.3 Å². The van der Waals surface area contributed by atoms with Gasteiger partial charge in [0.15, 0.2) is 0 Å². The third-order valence-corrected chi connectivity index (χ3v) is 14.4. The van der Waals surface area contributed by atoms with E-state index in [4.69, 9.17) is 14.4 Å². The molecule has 3 aromatic heterocycles. The van der Waals surface area contributed by atoms with Crippen LogP contribution in [-0.2, 0) is 32.9 Å². The molecule has 3 aromatic carbocycles. The van der Waals surface area contributed by atoms with Crippen LogP contribution in [0.4, 0.5) is 0 Å². The van der Waals surface area contributed by atoms with Gasteiger partial charge >= 0.3 is 151 Å². The van der Waals surface area contributed by atoms with E-state index in [0.29, 0.717) is 5.92 Å². The number of hydrogen-bond acceptors (Lipinski definition) is 3. The van der Waals surface area contributed by atoms with E-state index in [1.165, 1.54) is 52.3 Å². The Bertz CT molecular complexity index is 2090. The minimum absolute atomic E-state index is 0. The molecule has 1 saturated carbocycles. The van der Waals surface area contributed by atoms with E-state index in [1.807, 2.05) is 30.3 Å². The number of rotatable bonds is 7. The number of pyridine rings is 2. The quantitative estimate of drug-likeness (QED) is 0.118. The van der Waals surface area contributed by atoms with E-state index in [0.717, 1.165) is 63.2 Å². The Morgan fingerprint density at radius 3 is 2.24 bits per heavy atom. The van der Waals surface area contributed by atoms with Crippen LogP contribution in [0.15, 0.2) is 83.5 Å². The topological polar surface area (TPSA) is 38.9 Å². The van der Waals surface area contributed by atoms with Gasteiger partial charge in [-0.3, -0.25) is 0 Å². The Hall–Kier alpha value is -3.05. The van der Waals surface area contributed by atoms with Gasteiger partial charge in [0.2, 0.25) is 0 Å². The van der Waals surface area contributed by atoms with Crippen LogP contribution in [0, 0.1) is 30.4 Å². The van der Waals surface area contributed by atoms with Gasteiger partial charge < -0.3 is 9.40 Å². The molecule has 0 aliphatic heterocycles. The summed E-state index contributed by atoms with van der Waals surface area (Å²) < 4.78 is 7.68. The SMILES string of the molecule is CC(C)c1cc[c-]c(-c2cc(CC(C)(C)C)[c]([Ge]([CH3])([CH3])[CH3])cn2)c1.Cc1cc(-c2[c-]ccc3c2oc2ccccc23)ncc1CC1CCCC1.[Ir]. The standard InChI is InChI=1S/C24H22NO.C22H32GeN.Ir/c1-16-13-22(25-15-18(16)14-17-7-2-3-8-17)21-11-6-10-20-19-9-4-5-12-23(19)26-24(20)21;1-16(2)17-10-9-11-18(12-17)21-13-19(14-22(3,4)5)20(15-24-21)23(6,7)8;/h4-6,9-10,12-13,15,17H,2-3,7-8,14H2,1H3;9-10,12-13,15-16H,14H2,1-8H3;/q2*-1;. The van der Waals surface area contributed by atoms with Gasteiger partial charge in [0.05, 0.1) is 5.58 Å².